The molecule has 1 fully saturated rings. The number of nitrogens with one attached hydrogen (secondary N) is 1. The number of amides is 1. The van der Waals surface area contributed by atoms with Gasteiger partial charge in [-0.2, -0.15) is 13.9 Å². The Balaban J connectivity index is 2.07. The van der Waals surface area contributed by atoms with E-state index in [2.05, 4.69) is 10.4 Å². The number of halogens is 2. The molecule has 0 aliphatic carbocycles. The first-order chi connectivity index (χ1) is 7.68. The van der Waals surface area contributed by atoms with Crippen molar-refractivity contribution in [1.82, 2.24) is 20.0 Å². The van der Waals surface area contributed by atoms with Crippen LogP contribution in [-0.2, 0) is 0 Å². The molecule has 1 aliphatic heterocycles. The summed E-state index contributed by atoms with van der Waals surface area (Å²) < 4.78 is 25.0. The molecular weight excluding hydrogens is 218 g/mol. The second-order valence-electron chi connectivity index (χ2n) is 3.50. The Kier molecular flexibility index (Phi) is 3.14. The van der Waals surface area contributed by atoms with Crippen molar-refractivity contribution in [2.24, 2.45) is 0 Å². The first-order valence-electron chi connectivity index (χ1n) is 5.02. The molecule has 0 radical (unpaired) electrons. The van der Waals surface area contributed by atoms with Crippen LogP contribution in [0, 0.1) is 0 Å². The van der Waals surface area contributed by atoms with E-state index < -0.39 is 6.55 Å². The van der Waals surface area contributed by atoms with Crippen LogP contribution in [0.2, 0.25) is 0 Å². The molecule has 1 saturated heterocycles. The third-order valence-electron chi connectivity index (χ3n) is 2.43. The molecule has 1 amide bonds. The van der Waals surface area contributed by atoms with E-state index in [1.165, 1.54) is 6.07 Å². The maximum atomic E-state index is 12.3. The summed E-state index contributed by atoms with van der Waals surface area (Å²) in [6.45, 7) is -0.0897. The number of carbonyl (C=O) groups excluding carboxylic acids is 1. The molecule has 1 N–H and O–H groups in total. The van der Waals surface area contributed by atoms with Crippen molar-refractivity contribution in [2.45, 2.75) is 6.55 Å². The molecule has 16 heavy (non-hydrogen) atoms. The number of carbonyl (C=O) groups is 1. The minimum atomic E-state index is -2.70. The van der Waals surface area contributed by atoms with Gasteiger partial charge in [0.1, 0.15) is 0 Å². The van der Waals surface area contributed by atoms with Gasteiger partial charge in [-0.1, -0.05) is 0 Å². The van der Waals surface area contributed by atoms with Crippen molar-refractivity contribution >= 4 is 5.91 Å². The van der Waals surface area contributed by atoms with Crippen LogP contribution in [0.4, 0.5) is 8.78 Å². The minimum absolute atomic E-state index is 0.0715. The number of alkyl halides is 2. The van der Waals surface area contributed by atoms with Gasteiger partial charge in [0.2, 0.25) is 0 Å². The fourth-order valence-electron chi connectivity index (χ4n) is 1.59. The molecule has 1 aliphatic rings. The van der Waals surface area contributed by atoms with Crippen LogP contribution in [0.5, 0.6) is 0 Å². The molecule has 0 saturated carbocycles. The van der Waals surface area contributed by atoms with Gasteiger partial charge in [-0.3, -0.25) is 4.79 Å². The number of rotatable bonds is 2. The second-order valence-corrected chi connectivity index (χ2v) is 3.50. The van der Waals surface area contributed by atoms with E-state index >= 15 is 0 Å². The Hall–Kier alpha value is -1.50. The lowest BCUT2D eigenvalue weighted by Crippen LogP contribution is -2.46. The van der Waals surface area contributed by atoms with Gasteiger partial charge in [0.15, 0.2) is 5.69 Å². The van der Waals surface area contributed by atoms with Gasteiger partial charge in [-0.15, -0.1) is 0 Å². The van der Waals surface area contributed by atoms with Gasteiger partial charge in [-0.25, -0.2) is 4.68 Å². The van der Waals surface area contributed by atoms with Gasteiger partial charge in [0, 0.05) is 32.4 Å². The summed E-state index contributed by atoms with van der Waals surface area (Å²) in [4.78, 5) is 13.4. The van der Waals surface area contributed by atoms with Crippen LogP contribution in [0.3, 0.4) is 0 Å². The number of piperazine rings is 1. The van der Waals surface area contributed by atoms with E-state index in [0.717, 1.165) is 19.3 Å². The number of hydrogen-bond donors (Lipinski definition) is 1. The maximum Gasteiger partial charge on any atom is 0.333 e. The highest BCUT2D eigenvalue weighted by atomic mass is 19.3. The first kappa shape index (κ1) is 11.0. The quantitative estimate of drug-likeness (QED) is 0.796. The van der Waals surface area contributed by atoms with Crippen molar-refractivity contribution < 1.29 is 13.6 Å². The molecule has 1 aromatic rings. The average molecular weight is 230 g/mol. The lowest BCUT2D eigenvalue weighted by atomic mass is 10.3. The van der Waals surface area contributed by atoms with E-state index in [-0.39, 0.29) is 11.6 Å². The van der Waals surface area contributed by atoms with Crippen molar-refractivity contribution in [1.29, 1.82) is 0 Å². The third-order valence-corrected chi connectivity index (χ3v) is 2.43. The molecular formula is C9H12F2N4O. The van der Waals surface area contributed by atoms with Gasteiger partial charge in [-0.05, 0) is 6.07 Å². The van der Waals surface area contributed by atoms with Crippen molar-refractivity contribution in [3.05, 3.63) is 18.0 Å². The maximum absolute atomic E-state index is 12.3. The van der Waals surface area contributed by atoms with Crippen molar-refractivity contribution in [3.8, 4) is 0 Å². The molecule has 0 atom stereocenters. The van der Waals surface area contributed by atoms with Crippen LogP contribution >= 0.6 is 0 Å². The molecule has 2 rings (SSSR count). The number of nitrogens with zero attached hydrogens (tertiary/aromatic N) is 3. The molecule has 88 valence electrons. The van der Waals surface area contributed by atoms with Crippen LogP contribution in [-0.4, -0.2) is 46.8 Å². The highest BCUT2D eigenvalue weighted by Crippen LogP contribution is 2.10. The highest BCUT2D eigenvalue weighted by molar-refractivity contribution is 5.92. The SMILES string of the molecule is O=C(c1ccn(C(F)F)n1)N1CCNCC1. The average Bonchev–Trinajstić information content (AvgIpc) is 2.78. The van der Waals surface area contributed by atoms with Crippen molar-refractivity contribution in [2.75, 3.05) is 26.2 Å². The molecule has 5 nitrogen and oxygen atoms in total. The zero-order valence-electron chi connectivity index (χ0n) is 8.57. The predicted molar refractivity (Wildman–Crippen MR) is 52.3 cm³/mol. The lowest BCUT2D eigenvalue weighted by Gasteiger charge is -2.26. The van der Waals surface area contributed by atoms with Gasteiger partial charge >= 0.3 is 6.55 Å². The van der Waals surface area contributed by atoms with Gasteiger partial charge in [0.25, 0.3) is 5.91 Å². The van der Waals surface area contributed by atoms with Crippen LogP contribution in [0.15, 0.2) is 12.3 Å². The Morgan fingerprint density at radius 3 is 2.69 bits per heavy atom. The predicted octanol–water partition coefficient (Wildman–Crippen LogP) is 0.324. The standard InChI is InChI=1S/C9H12F2N4O/c10-9(11)15-4-1-7(13-15)8(16)14-5-2-12-3-6-14/h1,4,9,12H,2-3,5-6H2. The molecule has 2 heterocycles. The van der Waals surface area contributed by atoms with E-state index in [0.29, 0.717) is 17.8 Å². The third kappa shape index (κ3) is 2.19. The van der Waals surface area contributed by atoms with Crippen molar-refractivity contribution in [3.63, 3.8) is 0 Å². The number of hydrogen-bond acceptors (Lipinski definition) is 3. The molecule has 0 bridgehead atoms. The van der Waals surface area contributed by atoms with E-state index in [4.69, 9.17) is 0 Å². The molecule has 0 spiro atoms. The zero-order valence-corrected chi connectivity index (χ0v) is 8.57. The summed E-state index contributed by atoms with van der Waals surface area (Å²) in [5.41, 5.74) is 0.0715. The second kappa shape index (κ2) is 4.56. The zero-order chi connectivity index (χ0) is 11.5. The fourth-order valence-corrected chi connectivity index (χ4v) is 1.59. The molecule has 0 aromatic carbocycles. The normalized spacial score (nSPS) is 16.8. The summed E-state index contributed by atoms with van der Waals surface area (Å²) in [5.74, 6) is -0.291. The monoisotopic (exact) mass is 230 g/mol. The topological polar surface area (TPSA) is 50.2 Å². The summed E-state index contributed by atoms with van der Waals surface area (Å²) in [6, 6.07) is 1.32. The van der Waals surface area contributed by atoms with Crippen LogP contribution in [0.1, 0.15) is 17.0 Å². The molecule has 0 unspecified atom stereocenters. The van der Waals surface area contributed by atoms with Gasteiger partial charge in [0.05, 0.1) is 0 Å². The Morgan fingerprint density at radius 2 is 2.12 bits per heavy atom. The lowest BCUT2D eigenvalue weighted by molar-refractivity contribution is 0.0549. The highest BCUT2D eigenvalue weighted by Gasteiger charge is 2.20. The van der Waals surface area contributed by atoms with Crippen LogP contribution in [0.25, 0.3) is 0 Å². The fraction of sp³-hybridized carbons (Fsp3) is 0.556. The smallest absolute Gasteiger partial charge is 0.333 e. The summed E-state index contributed by atoms with van der Waals surface area (Å²) in [6.07, 6.45) is 1.11. The Bertz CT molecular complexity index is 373. The number of aromatic nitrogens is 2. The molecule has 7 heteroatoms. The van der Waals surface area contributed by atoms with Crippen LogP contribution < -0.4 is 5.32 Å². The Morgan fingerprint density at radius 1 is 1.44 bits per heavy atom. The summed E-state index contributed by atoms with van der Waals surface area (Å²) in [7, 11) is 0. The minimum Gasteiger partial charge on any atom is -0.335 e. The van der Waals surface area contributed by atoms with E-state index in [1.54, 1.807) is 4.90 Å². The molecule has 1 aromatic heterocycles. The van der Waals surface area contributed by atoms with E-state index in [9.17, 15) is 13.6 Å². The van der Waals surface area contributed by atoms with E-state index in [1.807, 2.05) is 0 Å². The van der Waals surface area contributed by atoms with Gasteiger partial charge < -0.3 is 10.2 Å². The summed E-state index contributed by atoms with van der Waals surface area (Å²) >= 11 is 0. The largest absolute Gasteiger partial charge is 0.335 e. The Labute approximate surface area is 91.0 Å². The first-order valence-corrected chi connectivity index (χ1v) is 5.02. The summed E-state index contributed by atoms with van der Waals surface area (Å²) in [5, 5.41) is 6.64.